The second-order valence-electron chi connectivity index (χ2n) is 6.70. The van der Waals surface area contributed by atoms with Crippen LogP contribution in [-0.2, 0) is 14.8 Å². The molecule has 27 heavy (non-hydrogen) atoms. The number of nitrogens with zero attached hydrogens (tertiary/aromatic N) is 1. The molecule has 0 spiro atoms. The van der Waals surface area contributed by atoms with Crippen molar-refractivity contribution in [2.24, 2.45) is 0 Å². The lowest BCUT2D eigenvalue weighted by molar-refractivity contribution is -0.117. The van der Waals surface area contributed by atoms with Crippen molar-refractivity contribution < 1.29 is 13.2 Å². The van der Waals surface area contributed by atoms with Crippen LogP contribution in [0.5, 0.6) is 0 Å². The maximum atomic E-state index is 12.9. The van der Waals surface area contributed by atoms with Crippen molar-refractivity contribution in [2.75, 3.05) is 15.9 Å². The van der Waals surface area contributed by atoms with E-state index in [9.17, 15) is 13.2 Å². The van der Waals surface area contributed by atoms with Crippen LogP contribution in [0.3, 0.4) is 0 Å². The highest BCUT2D eigenvalue weighted by Crippen LogP contribution is 2.26. The summed E-state index contributed by atoms with van der Waals surface area (Å²) in [6.07, 6.45) is 1.44. The van der Waals surface area contributed by atoms with Gasteiger partial charge in [-0.25, -0.2) is 8.42 Å². The molecule has 7 heteroatoms. The maximum Gasteiger partial charge on any atom is 0.248 e. The van der Waals surface area contributed by atoms with Gasteiger partial charge in [0.25, 0.3) is 0 Å². The average Bonchev–Trinajstić information content (AvgIpc) is 2.57. The van der Waals surface area contributed by atoms with Gasteiger partial charge in [0, 0.05) is 10.7 Å². The maximum absolute atomic E-state index is 12.9. The van der Waals surface area contributed by atoms with Crippen molar-refractivity contribution >= 4 is 38.9 Å². The van der Waals surface area contributed by atoms with Crippen LogP contribution in [0.1, 0.15) is 30.0 Å². The SMILES string of the molecule is CC[C@@H](C(=O)Nc1ccc(C)c(Cl)c1)N(c1ccc(C)c(C)c1)S(C)(=O)=O. The molecule has 2 rings (SSSR count). The van der Waals surface area contributed by atoms with Gasteiger partial charge in [-0.2, -0.15) is 0 Å². The molecule has 0 radical (unpaired) electrons. The summed E-state index contributed by atoms with van der Waals surface area (Å²) < 4.78 is 26.2. The molecule has 0 unspecified atom stereocenters. The lowest BCUT2D eigenvalue weighted by Gasteiger charge is -2.30. The average molecular weight is 409 g/mol. The van der Waals surface area contributed by atoms with Crippen LogP contribution in [0.15, 0.2) is 36.4 Å². The first kappa shape index (κ1) is 21.3. The Kier molecular flexibility index (Phi) is 6.54. The highest BCUT2D eigenvalue weighted by molar-refractivity contribution is 7.92. The Bertz CT molecular complexity index is 958. The molecule has 146 valence electrons. The van der Waals surface area contributed by atoms with E-state index in [4.69, 9.17) is 11.6 Å². The van der Waals surface area contributed by atoms with E-state index in [2.05, 4.69) is 5.32 Å². The van der Waals surface area contributed by atoms with E-state index in [1.54, 1.807) is 37.3 Å². The van der Waals surface area contributed by atoms with Gasteiger partial charge in [0.1, 0.15) is 6.04 Å². The summed E-state index contributed by atoms with van der Waals surface area (Å²) in [4.78, 5) is 12.9. The number of carbonyl (C=O) groups excluding carboxylic acids is 1. The molecule has 0 heterocycles. The molecule has 5 nitrogen and oxygen atoms in total. The second-order valence-corrected chi connectivity index (χ2v) is 8.97. The predicted octanol–water partition coefficient (Wildman–Crippen LogP) is 4.45. The third kappa shape index (κ3) is 5.02. The van der Waals surface area contributed by atoms with Gasteiger partial charge in [0.05, 0.1) is 11.9 Å². The minimum atomic E-state index is -3.66. The Morgan fingerprint density at radius 2 is 1.70 bits per heavy atom. The van der Waals surface area contributed by atoms with E-state index < -0.39 is 22.0 Å². The number of carbonyl (C=O) groups is 1. The van der Waals surface area contributed by atoms with Crippen LogP contribution < -0.4 is 9.62 Å². The molecule has 0 aliphatic carbocycles. The first-order valence-electron chi connectivity index (χ1n) is 8.68. The first-order chi connectivity index (χ1) is 12.5. The van der Waals surface area contributed by atoms with Crippen molar-refractivity contribution in [2.45, 2.75) is 40.2 Å². The highest BCUT2D eigenvalue weighted by Gasteiger charge is 2.31. The minimum absolute atomic E-state index is 0.325. The Hall–Kier alpha value is -2.05. The monoisotopic (exact) mass is 408 g/mol. The third-order valence-electron chi connectivity index (χ3n) is 4.51. The molecule has 1 atom stereocenters. The predicted molar refractivity (Wildman–Crippen MR) is 112 cm³/mol. The number of nitrogens with one attached hydrogen (secondary N) is 1. The van der Waals surface area contributed by atoms with E-state index in [1.807, 2.05) is 26.8 Å². The van der Waals surface area contributed by atoms with Crippen molar-refractivity contribution in [3.8, 4) is 0 Å². The summed E-state index contributed by atoms with van der Waals surface area (Å²) in [5.74, 6) is -0.402. The molecule has 0 saturated heterocycles. The molecule has 0 saturated carbocycles. The number of anilines is 2. The van der Waals surface area contributed by atoms with E-state index in [0.29, 0.717) is 22.8 Å². The normalized spacial score (nSPS) is 12.5. The second kappa shape index (κ2) is 8.31. The van der Waals surface area contributed by atoms with Crippen molar-refractivity contribution in [3.05, 3.63) is 58.1 Å². The van der Waals surface area contributed by atoms with Crippen molar-refractivity contribution in [3.63, 3.8) is 0 Å². The lowest BCUT2D eigenvalue weighted by Crippen LogP contribution is -2.47. The fourth-order valence-electron chi connectivity index (χ4n) is 2.82. The number of hydrogen-bond acceptors (Lipinski definition) is 3. The van der Waals surface area contributed by atoms with Gasteiger partial charge in [0.2, 0.25) is 15.9 Å². The number of sulfonamides is 1. The summed E-state index contributed by atoms with van der Waals surface area (Å²) in [6.45, 7) is 7.52. The Balaban J connectivity index is 2.40. The van der Waals surface area contributed by atoms with Gasteiger partial charge in [-0.3, -0.25) is 9.10 Å². The Labute approximate surface area is 166 Å². The van der Waals surface area contributed by atoms with Crippen molar-refractivity contribution in [1.82, 2.24) is 0 Å². The Morgan fingerprint density at radius 3 is 2.22 bits per heavy atom. The number of halogens is 1. The highest BCUT2D eigenvalue weighted by atomic mass is 35.5. The van der Waals surface area contributed by atoms with Gasteiger partial charge < -0.3 is 5.32 Å². The van der Waals surface area contributed by atoms with Crippen LogP contribution in [-0.4, -0.2) is 26.6 Å². The number of aryl methyl sites for hydroxylation is 3. The zero-order valence-corrected chi connectivity index (χ0v) is 17.8. The summed E-state index contributed by atoms with van der Waals surface area (Å²) in [5.41, 5.74) is 3.92. The van der Waals surface area contributed by atoms with Gasteiger partial charge >= 0.3 is 0 Å². The molecule has 0 aliphatic rings. The zero-order chi connectivity index (χ0) is 20.4. The molecule has 0 aromatic heterocycles. The van der Waals surface area contributed by atoms with Gasteiger partial charge in [-0.1, -0.05) is 30.7 Å². The first-order valence-corrected chi connectivity index (χ1v) is 10.9. The number of hydrogen-bond donors (Lipinski definition) is 1. The quantitative estimate of drug-likeness (QED) is 0.767. The smallest absolute Gasteiger partial charge is 0.248 e. The van der Waals surface area contributed by atoms with Gasteiger partial charge in [-0.05, 0) is 68.1 Å². The molecule has 1 N–H and O–H groups in total. The van der Waals surface area contributed by atoms with Crippen LogP contribution >= 0.6 is 11.6 Å². The summed E-state index contributed by atoms with van der Waals surface area (Å²) in [5, 5.41) is 3.32. The largest absolute Gasteiger partial charge is 0.324 e. The third-order valence-corrected chi connectivity index (χ3v) is 6.10. The lowest BCUT2D eigenvalue weighted by atomic mass is 10.1. The molecule has 0 aliphatic heterocycles. The summed E-state index contributed by atoms with van der Waals surface area (Å²) in [7, 11) is -3.66. The molecular weight excluding hydrogens is 384 g/mol. The summed E-state index contributed by atoms with van der Waals surface area (Å²) >= 11 is 6.12. The van der Waals surface area contributed by atoms with E-state index in [1.165, 1.54) is 4.31 Å². The van der Waals surface area contributed by atoms with E-state index in [-0.39, 0.29) is 0 Å². The number of amides is 1. The van der Waals surface area contributed by atoms with Crippen molar-refractivity contribution in [1.29, 1.82) is 0 Å². The molecule has 0 bridgehead atoms. The fourth-order valence-corrected chi connectivity index (χ4v) is 4.20. The molecule has 0 fully saturated rings. The topological polar surface area (TPSA) is 66.5 Å². The van der Waals surface area contributed by atoms with Gasteiger partial charge in [-0.15, -0.1) is 0 Å². The number of benzene rings is 2. The summed E-state index contributed by atoms with van der Waals surface area (Å²) in [6, 6.07) is 9.69. The van der Waals surface area contributed by atoms with Crippen LogP contribution in [0.4, 0.5) is 11.4 Å². The van der Waals surface area contributed by atoms with E-state index >= 15 is 0 Å². The molecule has 2 aromatic carbocycles. The van der Waals surface area contributed by atoms with E-state index in [0.717, 1.165) is 22.9 Å². The molecule has 2 aromatic rings. The minimum Gasteiger partial charge on any atom is -0.324 e. The van der Waals surface area contributed by atoms with Crippen LogP contribution in [0, 0.1) is 20.8 Å². The zero-order valence-electron chi connectivity index (χ0n) is 16.2. The van der Waals surface area contributed by atoms with Crippen LogP contribution in [0.2, 0.25) is 5.02 Å². The Morgan fingerprint density at radius 1 is 1.07 bits per heavy atom. The standard InChI is InChI=1S/C20H25ClN2O3S/c1-6-19(20(24)22-16-9-7-14(3)18(21)12-16)23(27(5,25)26)17-10-8-13(2)15(4)11-17/h7-12,19H,6H2,1-5H3,(H,22,24)/t19-/m0/s1. The molecular formula is C20H25ClN2O3S. The number of rotatable bonds is 6. The van der Waals surface area contributed by atoms with Gasteiger partial charge in [0.15, 0.2) is 0 Å². The fraction of sp³-hybridized carbons (Fsp3) is 0.350. The van der Waals surface area contributed by atoms with Crippen LogP contribution in [0.25, 0.3) is 0 Å². The molecule has 1 amide bonds.